The number of rotatable bonds is 8. The number of ether oxygens (including phenoxy) is 1. The van der Waals surface area contributed by atoms with Crippen LogP contribution in [0.4, 0.5) is 0 Å². The highest BCUT2D eigenvalue weighted by Crippen LogP contribution is 2.06. The van der Waals surface area contributed by atoms with Crippen LogP contribution in [0.2, 0.25) is 0 Å². The van der Waals surface area contributed by atoms with E-state index < -0.39 is 0 Å². The van der Waals surface area contributed by atoms with Crippen molar-refractivity contribution in [1.29, 1.82) is 0 Å². The SMILES string of the molecule is Cc1ccn(CC(=O)N2CCCN(CCCOCc3ccccc3)CC2)n1. The normalized spacial score (nSPS) is 15.7. The molecule has 1 amide bonds. The molecular weight excluding hydrogens is 340 g/mol. The molecule has 2 aromatic rings. The van der Waals surface area contributed by atoms with Gasteiger partial charge in [-0.25, -0.2) is 0 Å². The fraction of sp³-hybridized carbons (Fsp3) is 0.524. The Balaban J connectivity index is 1.32. The highest BCUT2D eigenvalue weighted by Gasteiger charge is 2.19. The largest absolute Gasteiger partial charge is 0.377 e. The number of aromatic nitrogens is 2. The lowest BCUT2D eigenvalue weighted by Crippen LogP contribution is -2.37. The van der Waals surface area contributed by atoms with E-state index in [2.05, 4.69) is 22.1 Å². The smallest absolute Gasteiger partial charge is 0.244 e. The van der Waals surface area contributed by atoms with Gasteiger partial charge >= 0.3 is 0 Å². The molecule has 0 aliphatic carbocycles. The maximum atomic E-state index is 12.5. The first-order valence-corrected chi connectivity index (χ1v) is 9.82. The van der Waals surface area contributed by atoms with Gasteiger partial charge < -0.3 is 14.5 Å². The number of carbonyl (C=O) groups is 1. The van der Waals surface area contributed by atoms with E-state index in [-0.39, 0.29) is 5.91 Å². The predicted molar refractivity (Wildman–Crippen MR) is 105 cm³/mol. The van der Waals surface area contributed by atoms with Gasteiger partial charge in [0.2, 0.25) is 5.91 Å². The van der Waals surface area contributed by atoms with Crippen LogP contribution in [0.15, 0.2) is 42.6 Å². The summed E-state index contributed by atoms with van der Waals surface area (Å²) in [5.74, 6) is 0.158. The fourth-order valence-corrected chi connectivity index (χ4v) is 3.39. The molecular formula is C21H30N4O2. The standard InChI is InChI=1S/C21H30N4O2/c1-19-9-13-25(22-19)17-21(26)24-12-5-10-23(14-15-24)11-6-16-27-18-20-7-3-2-4-8-20/h2-4,7-9,13H,5-6,10-12,14-18H2,1H3. The Labute approximate surface area is 161 Å². The van der Waals surface area contributed by atoms with Crippen LogP contribution in [-0.4, -0.2) is 64.8 Å². The molecule has 27 heavy (non-hydrogen) atoms. The fourth-order valence-electron chi connectivity index (χ4n) is 3.39. The number of hydrogen-bond donors (Lipinski definition) is 0. The molecule has 146 valence electrons. The molecule has 0 spiro atoms. The quantitative estimate of drug-likeness (QED) is 0.669. The number of aryl methyl sites for hydroxylation is 1. The maximum absolute atomic E-state index is 12.5. The van der Waals surface area contributed by atoms with E-state index >= 15 is 0 Å². The monoisotopic (exact) mass is 370 g/mol. The van der Waals surface area contributed by atoms with Crippen molar-refractivity contribution in [2.45, 2.75) is 32.9 Å². The number of carbonyl (C=O) groups excluding carboxylic acids is 1. The van der Waals surface area contributed by atoms with Gasteiger partial charge in [0.25, 0.3) is 0 Å². The molecule has 0 bridgehead atoms. The van der Waals surface area contributed by atoms with E-state index in [1.54, 1.807) is 4.68 Å². The summed E-state index contributed by atoms with van der Waals surface area (Å²) in [6.07, 6.45) is 3.91. The molecule has 3 rings (SSSR count). The Hall–Kier alpha value is -2.18. The molecule has 0 N–H and O–H groups in total. The van der Waals surface area contributed by atoms with Crippen molar-refractivity contribution in [3.63, 3.8) is 0 Å². The summed E-state index contributed by atoms with van der Waals surface area (Å²) in [5.41, 5.74) is 2.16. The van der Waals surface area contributed by atoms with Gasteiger partial charge in [-0.1, -0.05) is 30.3 Å². The lowest BCUT2D eigenvalue weighted by atomic mass is 10.2. The lowest BCUT2D eigenvalue weighted by molar-refractivity contribution is -0.131. The van der Waals surface area contributed by atoms with E-state index in [1.165, 1.54) is 5.56 Å². The molecule has 1 aliphatic heterocycles. The van der Waals surface area contributed by atoms with Crippen LogP contribution in [0.3, 0.4) is 0 Å². The average molecular weight is 370 g/mol. The summed E-state index contributed by atoms with van der Waals surface area (Å²) >= 11 is 0. The molecule has 6 nitrogen and oxygen atoms in total. The van der Waals surface area contributed by atoms with Gasteiger partial charge in [-0.05, 0) is 37.9 Å². The molecule has 0 radical (unpaired) electrons. The first-order chi connectivity index (χ1) is 13.2. The van der Waals surface area contributed by atoms with E-state index in [4.69, 9.17) is 4.74 Å². The van der Waals surface area contributed by atoms with Gasteiger partial charge in [-0.2, -0.15) is 5.10 Å². The molecule has 0 atom stereocenters. The van der Waals surface area contributed by atoms with Crippen molar-refractivity contribution in [3.8, 4) is 0 Å². The molecule has 6 heteroatoms. The van der Waals surface area contributed by atoms with Crippen molar-refractivity contribution < 1.29 is 9.53 Å². The van der Waals surface area contributed by atoms with Gasteiger partial charge in [0.1, 0.15) is 6.54 Å². The highest BCUT2D eigenvalue weighted by molar-refractivity contribution is 5.75. The Morgan fingerprint density at radius 3 is 2.74 bits per heavy atom. The maximum Gasteiger partial charge on any atom is 0.244 e. The Morgan fingerprint density at radius 1 is 1.11 bits per heavy atom. The third-order valence-corrected chi connectivity index (χ3v) is 4.89. The first-order valence-electron chi connectivity index (χ1n) is 9.82. The highest BCUT2D eigenvalue weighted by atomic mass is 16.5. The van der Waals surface area contributed by atoms with Crippen LogP contribution in [0.1, 0.15) is 24.1 Å². The number of hydrogen-bond acceptors (Lipinski definition) is 4. The average Bonchev–Trinajstić information content (AvgIpc) is 2.94. The zero-order valence-corrected chi connectivity index (χ0v) is 16.2. The second kappa shape index (κ2) is 10.2. The molecule has 1 aliphatic rings. The zero-order valence-electron chi connectivity index (χ0n) is 16.2. The van der Waals surface area contributed by atoms with Gasteiger partial charge in [0.15, 0.2) is 0 Å². The van der Waals surface area contributed by atoms with Crippen molar-refractivity contribution in [3.05, 3.63) is 53.9 Å². The topological polar surface area (TPSA) is 50.6 Å². The zero-order chi connectivity index (χ0) is 18.9. The third-order valence-electron chi connectivity index (χ3n) is 4.89. The van der Waals surface area contributed by atoms with Crippen molar-refractivity contribution in [2.75, 3.05) is 39.3 Å². The van der Waals surface area contributed by atoms with E-state index in [9.17, 15) is 4.79 Å². The second-order valence-electron chi connectivity index (χ2n) is 7.12. The minimum Gasteiger partial charge on any atom is -0.377 e. The summed E-state index contributed by atoms with van der Waals surface area (Å²) in [5, 5.41) is 4.31. The summed E-state index contributed by atoms with van der Waals surface area (Å²) in [6.45, 7) is 8.35. The first kappa shape index (κ1) is 19.6. The van der Waals surface area contributed by atoms with Crippen LogP contribution in [0.25, 0.3) is 0 Å². The second-order valence-corrected chi connectivity index (χ2v) is 7.12. The van der Waals surface area contributed by atoms with E-state index in [0.29, 0.717) is 13.2 Å². The van der Waals surface area contributed by atoms with Gasteiger partial charge in [-0.3, -0.25) is 9.48 Å². The van der Waals surface area contributed by atoms with Crippen molar-refractivity contribution >= 4 is 5.91 Å². The van der Waals surface area contributed by atoms with Crippen LogP contribution in [0.5, 0.6) is 0 Å². The predicted octanol–water partition coefficient (Wildman–Crippen LogP) is 2.33. The van der Waals surface area contributed by atoms with E-state index in [1.807, 2.05) is 42.3 Å². The minimum atomic E-state index is 0.158. The van der Waals surface area contributed by atoms with Crippen LogP contribution >= 0.6 is 0 Å². The molecule has 0 saturated carbocycles. The van der Waals surface area contributed by atoms with Crippen LogP contribution in [-0.2, 0) is 22.7 Å². The number of benzene rings is 1. The molecule has 1 aromatic heterocycles. The molecule has 0 unspecified atom stereocenters. The van der Waals surface area contributed by atoms with Gasteiger partial charge in [0.05, 0.1) is 12.3 Å². The van der Waals surface area contributed by atoms with Crippen molar-refractivity contribution in [2.24, 2.45) is 0 Å². The summed E-state index contributed by atoms with van der Waals surface area (Å²) in [6, 6.07) is 12.2. The summed E-state index contributed by atoms with van der Waals surface area (Å²) in [4.78, 5) is 16.9. The minimum absolute atomic E-state index is 0.158. The Bertz CT molecular complexity index is 701. The van der Waals surface area contributed by atoms with E-state index in [0.717, 1.165) is 57.9 Å². The van der Waals surface area contributed by atoms with Crippen LogP contribution < -0.4 is 0 Å². The Kier molecular flexibility index (Phi) is 7.42. The third kappa shape index (κ3) is 6.48. The van der Waals surface area contributed by atoms with Gasteiger partial charge in [-0.15, -0.1) is 0 Å². The molecule has 1 aromatic carbocycles. The molecule has 2 heterocycles. The van der Waals surface area contributed by atoms with Crippen molar-refractivity contribution in [1.82, 2.24) is 19.6 Å². The summed E-state index contributed by atoms with van der Waals surface area (Å²) < 4.78 is 7.50. The molecule has 1 saturated heterocycles. The Morgan fingerprint density at radius 2 is 1.96 bits per heavy atom. The number of amides is 1. The number of nitrogens with zero attached hydrogens (tertiary/aromatic N) is 4. The van der Waals surface area contributed by atoms with Crippen LogP contribution in [0, 0.1) is 6.92 Å². The lowest BCUT2D eigenvalue weighted by Gasteiger charge is -2.22. The summed E-state index contributed by atoms with van der Waals surface area (Å²) in [7, 11) is 0. The molecule has 1 fully saturated rings. The van der Waals surface area contributed by atoms with Gasteiger partial charge in [0, 0.05) is 39.0 Å².